The van der Waals surface area contributed by atoms with Gasteiger partial charge >= 0.3 is 5.97 Å². The van der Waals surface area contributed by atoms with Crippen LogP contribution in [0.4, 0.5) is 8.78 Å². The smallest absolute Gasteiger partial charge is 0.319 e. The van der Waals surface area contributed by atoms with Crippen LogP contribution in [0.1, 0.15) is 47.0 Å². The minimum absolute atomic E-state index is 0.0522. The predicted molar refractivity (Wildman–Crippen MR) is 72.2 cm³/mol. The number of rotatable bonds is 9. The maximum absolute atomic E-state index is 11.9. The molecule has 0 aliphatic heterocycles. The predicted octanol–water partition coefficient (Wildman–Crippen LogP) is 4.13. The molecule has 5 heteroatoms. The van der Waals surface area contributed by atoms with Gasteiger partial charge in [-0.05, 0) is 38.4 Å². The number of carbonyl (C=O) groups is 1. The van der Waals surface area contributed by atoms with Crippen LogP contribution in [0, 0.1) is 5.92 Å². The monoisotopic (exact) mass is 282 g/mol. The number of hydrogen-bond acceptors (Lipinski definition) is 3. The fourth-order valence-electron chi connectivity index (χ4n) is 1.44. The van der Waals surface area contributed by atoms with Crippen LogP contribution in [0.5, 0.6) is 0 Å². The van der Waals surface area contributed by atoms with E-state index >= 15 is 0 Å². The first-order valence-corrected chi connectivity index (χ1v) is 7.49. The minimum Gasteiger partial charge on any atom is -0.462 e. The Bertz CT molecular complexity index is 233. The van der Waals surface area contributed by atoms with Crippen molar-refractivity contribution in [3.05, 3.63) is 0 Å². The Balaban J connectivity index is 3.94. The van der Waals surface area contributed by atoms with E-state index < -0.39 is 6.43 Å². The molecule has 0 amide bonds. The lowest BCUT2D eigenvalue weighted by atomic mass is 10.1. The Morgan fingerprint density at radius 3 is 2.22 bits per heavy atom. The number of alkyl halides is 2. The van der Waals surface area contributed by atoms with E-state index in [0.717, 1.165) is 5.75 Å². The van der Waals surface area contributed by atoms with Crippen LogP contribution in [0.15, 0.2) is 0 Å². The van der Waals surface area contributed by atoms with Crippen molar-refractivity contribution in [3.63, 3.8) is 0 Å². The number of thioether (sulfide) groups is 1. The first-order valence-electron chi connectivity index (χ1n) is 6.44. The Morgan fingerprint density at radius 2 is 1.78 bits per heavy atom. The second-order valence-electron chi connectivity index (χ2n) is 4.91. The average Bonchev–Trinajstić information content (AvgIpc) is 2.20. The molecule has 18 heavy (non-hydrogen) atoms. The van der Waals surface area contributed by atoms with E-state index in [4.69, 9.17) is 4.74 Å². The summed E-state index contributed by atoms with van der Waals surface area (Å²) >= 11 is 1.51. The molecule has 0 heterocycles. The van der Waals surface area contributed by atoms with Crippen LogP contribution in [0.25, 0.3) is 0 Å². The maximum atomic E-state index is 11.9. The molecule has 0 saturated carbocycles. The molecule has 1 atom stereocenters. The molecule has 0 aromatic carbocycles. The van der Waals surface area contributed by atoms with Gasteiger partial charge in [-0.15, -0.1) is 11.8 Å². The molecule has 0 bridgehead atoms. The first kappa shape index (κ1) is 17.7. The zero-order valence-corrected chi connectivity index (χ0v) is 12.4. The quantitative estimate of drug-likeness (QED) is 0.470. The molecule has 0 aliphatic carbocycles. The van der Waals surface area contributed by atoms with Crippen LogP contribution < -0.4 is 0 Å². The van der Waals surface area contributed by atoms with Gasteiger partial charge in [-0.3, -0.25) is 4.79 Å². The topological polar surface area (TPSA) is 26.3 Å². The first-order chi connectivity index (χ1) is 8.34. The van der Waals surface area contributed by atoms with Crippen molar-refractivity contribution in [2.75, 3.05) is 5.75 Å². The van der Waals surface area contributed by atoms with E-state index in [1.165, 1.54) is 11.8 Å². The number of halogens is 2. The Labute approximate surface area is 113 Å². The van der Waals surface area contributed by atoms with Gasteiger partial charge in [0.15, 0.2) is 0 Å². The van der Waals surface area contributed by atoms with Crippen molar-refractivity contribution in [2.24, 2.45) is 5.92 Å². The summed E-state index contributed by atoms with van der Waals surface area (Å²) in [6.07, 6.45) is -1.16. The van der Waals surface area contributed by atoms with Crippen molar-refractivity contribution in [1.29, 1.82) is 0 Å². The highest BCUT2D eigenvalue weighted by Gasteiger charge is 2.24. The van der Waals surface area contributed by atoms with Crippen molar-refractivity contribution < 1.29 is 18.3 Å². The van der Waals surface area contributed by atoms with Gasteiger partial charge in [0.1, 0.15) is 5.25 Å². The molecule has 0 saturated heterocycles. The second kappa shape index (κ2) is 9.59. The van der Waals surface area contributed by atoms with E-state index in [0.29, 0.717) is 12.8 Å². The van der Waals surface area contributed by atoms with Gasteiger partial charge in [0.25, 0.3) is 0 Å². The number of hydrogen-bond donors (Lipinski definition) is 0. The molecular weight excluding hydrogens is 258 g/mol. The fraction of sp³-hybridized carbons (Fsp3) is 0.923. The van der Waals surface area contributed by atoms with Crippen molar-refractivity contribution in [2.45, 2.75) is 64.7 Å². The van der Waals surface area contributed by atoms with Gasteiger partial charge in [-0.25, -0.2) is 8.78 Å². The summed E-state index contributed by atoms with van der Waals surface area (Å²) in [5.74, 6) is 0.721. The third-order valence-corrected chi connectivity index (χ3v) is 3.92. The summed E-state index contributed by atoms with van der Waals surface area (Å²) in [4.78, 5) is 11.8. The van der Waals surface area contributed by atoms with Gasteiger partial charge in [-0.1, -0.05) is 13.8 Å². The maximum Gasteiger partial charge on any atom is 0.319 e. The molecular formula is C13H24F2O2S. The molecule has 0 radical (unpaired) electrons. The van der Waals surface area contributed by atoms with E-state index in [-0.39, 0.29) is 29.7 Å². The third-order valence-electron chi connectivity index (χ3n) is 2.30. The van der Waals surface area contributed by atoms with Crippen LogP contribution in [-0.4, -0.2) is 29.5 Å². The largest absolute Gasteiger partial charge is 0.462 e. The lowest BCUT2D eigenvalue weighted by Crippen LogP contribution is -2.28. The normalized spacial score (nSPS) is 13.4. The molecule has 0 aliphatic rings. The Morgan fingerprint density at radius 1 is 1.17 bits per heavy atom. The lowest BCUT2D eigenvalue weighted by Gasteiger charge is -2.20. The molecule has 0 N–H and O–H groups in total. The van der Waals surface area contributed by atoms with Crippen LogP contribution in [0.3, 0.4) is 0 Å². The van der Waals surface area contributed by atoms with Crippen LogP contribution in [0.2, 0.25) is 0 Å². The zero-order chi connectivity index (χ0) is 14.1. The number of esters is 1. The summed E-state index contributed by atoms with van der Waals surface area (Å²) < 4.78 is 29.1. The Hall–Kier alpha value is -0.320. The van der Waals surface area contributed by atoms with Crippen molar-refractivity contribution in [1.82, 2.24) is 0 Å². The second-order valence-corrected chi connectivity index (χ2v) is 6.16. The van der Waals surface area contributed by atoms with E-state index in [2.05, 4.69) is 0 Å². The molecule has 0 fully saturated rings. The van der Waals surface area contributed by atoms with E-state index in [1.54, 1.807) is 0 Å². The van der Waals surface area contributed by atoms with Crippen LogP contribution in [-0.2, 0) is 9.53 Å². The SMILES string of the molecule is CC(C)OC(=O)C(SCCCCC(F)F)C(C)C. The number of unbranched alkanes of at least 4 members (excludes halogenated alkanes) is 1. The summed E-state index contributed by atoms with van der Waals surface area (Å²) in [6.45, 7) is 7.59. The number of ether oxygens (including phenoxy) is 1. The van der Waals surface area contributed by atoms with Gasteiger partial charge < -0.3 is 4.74 Å². The average molecular weight is 282 g/mol. The number of carbonyl (C=O) groups excluding carboxylic acids is 1. The molecule has 108 valence electrons. The van der Waals surface area contributed by atoms with E-state index in [1.807, 2.05) is 27.7 Å². The van der Waals surface area contributed by atoms with E-state index in [9.17, 15) is 13.6 Å². The molecule has 0 aromatic rings. The molecule has 1 unspecified atom stereocenters. The third kappa shape index (κ3) is 8.72. The Kier molecular flexibility index (Phi) is 9.42. The van der Waals surface area contributed by atoms with Crippen LogP contribution >= 0.6 is 11.8 Å². The summed E-state index contributed by atoms with van der Waals surface area (Å²) in [5, 5.41) is -0.195. The summed E-state index contributed by atoms with van der Waals surface area (Å²) in [5.41, 5.74) is 0. The minimum atomic E-state index is -2.22. The standard InChI is InChI=1S/C13H24F2O2S/c1-9(2)12(13(16)17-10(3)4)18-8-6-5-7-11(14)15/h9-12H,5-8H2,1-4H3. The lowest BCUT2D eigenvalue weighted by molar-refractivity contribution is -0.147. The zero-order valence-electron chi connectivity index (χ0n) is 11.6. The van der Waals surface area contributed by atoms with Gasteiger partial charge in [-0.2, -0.15) is 0 Å². The highest BCUT2D eigenvalue weighted by atomic mass is 32.2. The van der Waals surface area contributed by atoms with Crippen molar-refractivity contribution in [3.8, 4) is 0 Å². The van der Waals surface area contributed by atoms with Gasteiger partial charge in [0.05, 0.1) is 6.10 Å². The molecule has 2 nitrogen and oxygen atoms in total. The summed E-state index contributed by atoms with van der Waals surface area (Å²) in [6, 6.07) is 0. The van der Waals surface area contributed by atoms with Gasteiger partial charge in [0, 0.05) is 6.42 Å². The van der Waals surface area contributed by atoms with Gasteiger partial charge in [0.2, 0.25) is 6.43 Å². The highest BCUT2D eigenvalue weighted by Crippen LogP contribution is 2.23. The molecule has 0 aromatic heterocycles. The molecule has 0 rings (SSSR count). The molecule has 0 spiro atoms. The summed E-state index contributed by atoms with van der Waals surface area (Å²) in [7, 11) is 0. The highest BCUT2D eigenvalue weighted by molar-refractivity contribution is 8.00. The van der Waals surface area contributed by atoms with Crippen molar-refractivity contribution >= 4 is 17.7 Å². The fourth-order valence-corrected chi connectivity index (χ4v) is 2.64.